The summed E-state index contributed by atoms with van der Waals surface area (Å²) in [6, 6.07) is 1.44. The molecule has 2 heteroatoms. The minimum Gasteiger partial charge on any atom is -0.311 e. The van der Waals surface area contributed by atoms with Crippen LogP contribution in [0.5, 0.6) is 0 Å². The topological polar surface area (TPSA) is 15.3 Å². The maximum Gasteiger partial charge on any atom is 0.0253 e. The lowest BCUT2D eigenvalue weighted by atomic mass is 9.93. The van der Waals surface area contributed by atoms with E-state index in [2.05, 4.69) is 36.7 Å². The molecule has 2 atom stereocenters. The number of nitrogens with zero attached hydrogens (tertiary/aromatic N) is 1. The molecule has 0 aromatic carbocycles. The van der Waals surface area contributed by atoms with Gasteiger partial charge in [-0.05, 0) is 12.8 Å². The average molecular weight is 266 g/mol. The van der Waals surface area contributed by atoms with Gasteiger partial charge in [-0.25, -0.2) is 0 Å². The summed E-state index contributed by atoms with van der Waals surface area (Å²) in [6.07, 6.45) is 12.9. The van der Waals surface area contributed by atoms with Crippen molar-refractivity contribution >= 4 is 0 Å². The third kappa shape index (κ3) is 6.09. The molecule has 1 N–H and O–H groups in total. The average Bonchev–Trinajstić information content (AvgIpc) is 2.42. The van der Waals surface area contributed by atoms with Crippen LogP contribution in [0.15, 0.2) is 12.7 Å². The van der Waals surface area contributed by atoms with Crippen LogP contribution in [0.1, 0.15) is 65.2 Å². The van der Waals surface area contributed by atoms with Crippen LogP contribution in [0.3, 0.4) is 0 Å². The normalized spacial score (nSPS) is 24.5. The van der Waals surface area contributed by atoms with Gasteiger partial charge >= 0.3 is 0 Å². The van der Waals surface area contributed by atoms with Gasteiger partial charge in [-0.1, -0.05) is 58.4 Å². The predicted molar refractivity (Wildman–Crippen MR) is 85.6 cm³/mol. The van der Waals surface area contributed by atoms with Crippen molar-refractivity contribution in [1.29, 1.82) is 0 Å². The maximum absolute atomic E-state index is 3.92. The van der Waals surface area contributed by atoms with Gasteiger partial charge in [-0.15, -0.1) is 6.58 Å². The van der Waals surface area contributed by atoms with Crippen LogP contribution in [0, 0.1) is 0 Å². The second-order valence-corrected chi connectivity index (χ2v) is 5.90. The summed E-state index contributed by atoms with van der Waals surface area (Å²) in [6.45, 7) is 11.9. The van der Waals surface area contributed by atoms with Gasteiger partial charge in [0, 0.05) is 31.7 Å². The zero-order chi connectivity index (χ0) is 13.9. The van der Waals surface area contributed by atoms with Crippen LogP contribution < -0.4 is 5.32 Å². The van der Waals surface area contributed by atoms with Crippen molar-refractivity contribution in [3.8, 4) is 0 Å². The molecule has 1 aliphatic rings. The summed E-state index contributed by atoms with van der Waals surface area (Å²) >= 11 is 0. The Morgan fingerprint density at radius 2 is 1.79 bits per heavy atom. The van der Waals surface area contributed by atoms with Crippen LogP contribution >= 0.6 is 0 Å². The van der Waals surface area contributed by atoms with Crippen molar-refractivity contribution < 1.29 is 0 Å². The minimum absolute atomic E-state index is 0.706. The molecule has 1 aliphatic heterocycles. The summed E-state index contributed by atoms with van der Waals surface area (Å²) in [5, 5.41) is 3.77. The highest BCUT2D eigenvalue weighted by atomic mass is 15.2. The molecule has 0 aromatic heterocycles. The van der Waals surface area contributed by atoms with Gasteiger partial charge in [0.15, 0.2) is 0 Å². The molecule has 0 aliphatic carbocycles. The van der Waals surface area contributed by atoms with Crippen molar-refractivity contribution in [3.05, 3.63) is 12.7 Å². The first-order valence-corrected chi connectivity index (χ1v) is 8.41. The molecular weight excluding hydrogens is 232 g/mol. The van der Waals surface area contributed by atoms with Gasteiger partial charge in [-0.2, -0.15) is 0 Å². The lowest BCUT2D eigenvalue weighted by molar-refractivity contribution is 0.117. The zero-order valence-electron chi connectivity index (χ0n) is 13.2. The molecule has 1 rings (SSSR count). The summed E-state index contributed by atoms with van der Waals surface area (Å²) in [5.74, 6) is 0. The number of nitrogens with one attached hydrogen (secondary N) is 1. The van der Waals surface area contributed by atoms with Gasteiger partial charge in [0.2, 0.25) is 0 Å². The summed E-state index contributed by atoms with van der Waals surface area (Å²) in [5.41, 5.74) is 0. The molecule has 0 saturated carbocycles. The number of unbranched alkanes of at least 4 members (excludes halogenated alkanes) is 4. The van der Waals surface area contributed by atoms with Crippen molar-refractivity contribution in [2.75, 3.05) is 19.6 Å². The Morgan fingerprint density at radius 1 is 1.11 bits per heavy atom. The fourth-order valence-electron chi connectivity index (χ4n) is 3.24. The van der Waals surface area contributed by atoms with Crippen LogP contribution in [0.4, 0.5) is 0 Å². The SMILES string of the molecule is C=CCN1CCNC(CCCCC)C1CCCCC. The minimum atomic E-state index is 0.706. The zero-order valence-corrected chi connectivity index (χ0v) is 13.2. The first kappa shape index (κ1) is 16.7. The van der Waals surface area contributed by atoms with E-state index in [1.807, 2.05) is 0 Å². The van der Waals surface area contributed by atoms with E-state index in [0.29, 0.717) is 6.04 Å². The van der Waals surface area contributed by atoms with E-state index in [1.165, 1.54) is 57.9 Å². The fraction of sp³-hybridized carbons (Fsp3) is 0.882. The molecule has 0 spiro atoms. The molecule has 112 valence electrons. The van der Waals surface area contributed by atoms with Gasteiger partial charge < -0.3 is 5.32 Å². The lowest BCUT2D eigenvalue weighted by Gasteiger charge is -2.42. The smallest absolute Gasteiger partial charge is 0.0253 e. The fourth-order valence-corrected chi connectivity index (χ4v) is 3.24. The third-order valence-electron chi connectivity index (χ3n) is 4.32. The van der Waals surface area contributed by atoms with E-state index in [4.69, 9.17) is 0 Å². The Hall–Kier alpha value is -0.340. The Balaban J connectivity index is 2.49. The number of piperazine rings is 1. The highest BCUT2D eigenvalue weighted by molar-refractivity contribution is 4.91. The predicted octanol–water partition coefficient (Wildman–Crippen LogP) is 3.98. The monoisotopic (exact) mass is 266 g/mol. The molecule has 1 saturated heterocycles. The molecular formula is C17H34N2. The molecule has 2 unspecified atom stereocenters. The van der Waals surface area contributed by atoms with Crippen LogP contribution in [0.2, 0.25) is 0 Å². The van der Waals surface area contributed by atoms with Gasteiger partial charge in [0.1, 0.15) is 0 Å². The second-order valence-electron chi connectivity index (χ2n) is 5.90. The Morgan fingerprint density at radius 3 is 2.42 bits per heavy atom. The van der Waals surface area contributed by atoms with E-state index in [1.54, 1.807) is 0 Å². The highest BCUT2D eigenvalue weighted by Crippen LogP contribution is 2.20. The summed E-state index contributed by atoms with van der Waals surface area (Å²) < 4.78 is 0. The van der Waals surface area contributed by atoms with Crippen molar-refractivity contribution in [3.63, 3.8) is 0 Å². The quantitative estimate of drug-likeness (QED) is 0.475. The van der Waals surface area contributed by atoms with Crippen molar-refractivity contribution in [1.82, 2.24) is 10.2 Å². The number of hydrogen-bond donors (Lipinski definition) is 1. The first-order valence-electron chi connectivity index (χ1n) is 8.41. The van der Waals surface area contributed by atoms with E-state index in [0.717, 1.165) is 19.1 Å². The molecule has 0 bridgehead atoms. The van der Waals surface area contributed by atoms with Crippen molar-refractivity contribution in [2.45, 2.75) is 77.3 Å². The number of rotatable bonds is 10. The third-order valence-corrected chi connectivity index (χ3v) is 4.32. The Bertz CT molecular complexity index is 227. The molecule has 0 aromatic rings. The second kappa shape index (κ2) is 10.4. The van der Waals surface area contributed by atoms with E-state index < -0.39 is 0 Å². The van der Waals surface area contributed by atoms with E-state index in [-0.39, 0.29) is 0 Å². The van der Waals surface area contributed by atoms with Gasteiger partial charge in [0.25, 0.3) is 0 Å². The molecule has 1 heterocycles. The van der Waals surface area contributed by atoms with Gasteiger partial charge in [-0.3, -0.25) is 4.90 Å². The van der Waals surface area contributed by atoms with Crippen LogP contribution in [-0.2, 0) is 0 Å². The van der Waals surface area contributed by atoms with Crippen molar-refractivity contribution in [2.24, 2.45) is 0 Å². The van der Waals surface area contributed by atoms with Crippen LogP contribution in [0.25, 0.3) is 0 Å². The largest absolute Gasteiger partial charge is 0.311 e. The number of hydrogen-bond acceptors (Lipinski definition) is 2. The Kier molecular flexibility index (Phi) is 9.19. The Labute approximate surface area is 120 Å². The maximum atomic E-state index is 3.92. The first-order chi connectivity index (χ1) is 9.33. The molecule has 2 nitrogen and oxygen atoms in total. The van der Waals surface area contributed by atoms with Gasteiger partial charge in [0.05, 0.1) is 0 Å². The molecule has 0 amide bonds. The lowest BCUT2D eigenvalue weighted by Crippen LogP contribution is -2.57. The molecule has 1 fully saturated rings. The molecule has 19 heavy (non-hydrogen) atoms. The molecule has 0 radical (unpaired) electrons. The van der Waals surface area contributed by atoms with Crippen LogP contribution in [-0.4, -0.2) is 36.6 Å². The van der Waals surface area contributed by atoms with E-state index in [9.17, 15) is 0 Å². The van der Waals surface area contributed by atoms with E-state index >= 15 is 0 Å². The summed E-state index contributed by atoms with van der Waals surface area (Å²) in [4.78, 5) is 2.65. The summed E-state index contributed by atoms with van der Waals surface area (Å²) in [7, 11) is 0. The highest BCUT2D eigenvalue weighted by Gasteiger charge is 2.29. The standard InChI is InChI=1S/C17H34N2/c1-4-7-9-11-16-17(12-10-8-5-2)19(14-6-3)15-13-18-16/h6,16-18H,3-5,7-15H2,1-2H3.